The predicted molar refractivity (Wildman–Crippen MR) is 239 cm³/mol. The third-order valence-corrected chi connectivity index (χ3v) is 11.2. The molecule has 3 heteroatoms. The molecule has 57 heavy (non-hydrogen) atoms. The summed E-state index contributed by atoms with van der Waals surface area (Å²) in [6, 6.07) is 52.3. The fraction of sp³-hybridized carbons (Fsp3) is 0. The Morgan fingerprint density at radius 1 is 0.333 bits per heavy atom. The lowest BCUT2D eigenvalue weighted by atomic mass is 9.99. The molecule has 3 nitrogen and oxygen atoms in total. The summed E-state index contributed by atoms with van der Waals surface area (Å²) in [5.74, 6) is 0. The number of hydrogen-bond donors (Lipinski definition) is 0. The molecule has 0 amide bonds. The molecular formula is C54H34N2O. The lowest BCUT2D eigenvalue weighted by Crippen LogP contribution is -1.94. The van der Waals surface area contributed by atoms with Gasteiger partial charge in [0.1, 0.15) is 11.2 Å². The lowest BCUT2D eigenvalue weighted by Gasteiger charge is -2.10. The summed E-state index contributed by atoms with van der Waals surface area (Å²) in [5.41, 5.74) is 10.1. The van der Waals surface area contributed by atoms with Gasteiger partial charge in [-0.15, -0.1) is 0 Å². The smallest absolute Gasteiger partial charge is 0.137 e. The van der Waals surface area contributed by atoms with Gasteiger partial charge in [0.2, 0.25) is 0 Å². The first-order valence-electron chi connectivity index (χ1n) is 22.4. The van der Waals surface area contributed by atoms with E-state index < -0.39 is 12.1 Å². The minimum Gasteiger partial charge on any atom is -0.456 e. The second-order valence-electron chi connectivity index (χ2n) is 14.4. The summed E-state index contributed by atoms with van der Waals surface area (Å²) in [4.78, 5) is 0. The number of benzene rings is 9. The van der Waals surface area contributed by atoms with Crippen LogP contribution in [0.5, 0.6) is 0 Å². The Kier molecular flexibility index (Phi) is 5.56. The van der Waals surface area contributed by atoms with Crippen LogP contribution in [0, 0.1) is 0 Å². The Bertz CT molecular complexity index is 3910. The van der Waals surface area contributed by atoms with Gasteiger partial charge in [0.15, 0.2) is 0 Å². The molecule has 0 saturated carbocycles. The van der Waals surface area contributed by atoms with Crippen molar-refractivity contribution in [2.24, 2.45) is 0 Å². The molecule has 0 spiro atoms. The molecule has 0 bridgehead atoms. The van der Waals surface area contributed by atoms with Crippen LogP contribution in [0.2, 0.25) is 0 Å². The molecule has 0 aliphatic heterocycles. The van der Waals surface area contributed by atoms with Crippen molar-refractivity contribution in [2.75, 3.05) is 0 Å². The average Bonchev–Trinajstić information content (AvgIpc) is 4.00. The Labute approximate surface area is 338 Å². The molecule has 9 aromatic carbocycles. The van der Waals surface area contributed by atoms with Gasteiger partial charge >= 0.3 is 0 Å². The Balaban J connectivity index is 1.11. The normalized spacial score (nSPS) is 13.6. The molecule has 0 aliphatic carbocycles. The van der Waals surface area contributed by atoms with Crippen molar-refractivity contribution in [1.82, 2.24) is 9.13 Å². The van der Waals surface area contributed by atoms with Gasteiger partial charge in [-0.25, -0.2) is 0 Å². The molecule has 0 fully saturated rings. The first-order valence-corrected chi connectivity index (χ1v) is 18.9. The first kappa shape index (κ1) is 25.5. The lowest BCUT2D eigenvalue weighted by molar-refractivity contribution is 0.668. The maximum absolute atomic E-state index is 9.88. The van der Waals surface area contributed by atoms with Crippen LogP contribution >= 0.6 is 0 Å². The van der Waals surface area contributed by atoms with E-state index in [0.29, 0.717) is 11.3 Å². The number of fused-ring (bicyclic) bond motifs is 9. The summed E-state index contributed by atoms with van der Waals surface area (Å²) >= 11 is 0. The molecule has 12 rings (SSSR count). The summed E-state index contributed by atoms with van der Waals surface area (Å²) in [7, 11) is 0. The molecule has 3 heterocycles. The van der Waals surface area contributed by atoms with Gasteiger partial charge in [-0.1, -0.05) is 133 Å². The number of rotatable bonds is 5. The predicted octanol–water partition coefficient (Wildman–Crippen LogP) is 14.8. The van der Waals surface area contributed by atoms with Crippen LogP contribution in [0.4, 0.5) is 0 Å². The minimum absolute atomic E-state index is 0.0875. The highest BCUT2D eigenvalue weighted by atomic mass is 16.3. The first-order chi connectivity index (χ1) is 31.2. The fourth-order valence-electron chi connectivity index (χ4n) is 8.47. The number of aromatic nitrogens is 2. The fourth-order valence-corrected chi connectivity index (χ4v) is 8.47. The van der Waals surface area contributed by atoms with Crippen LogP contribution in [0.25, 0.3) is 110 Å². The van der Waals surface area contributed by atoms with Crippen molar-refractivity contribution >= 4 is 65.6 Å². The maximum atomic E-state index is 9.88. The maximum Gasteiger partial charge on any atom is 0.137 e. The Hall–Kier alpha value is -7.62. The average molecular weight is 734 g/mol. The molecule has 0 unspecified atom stereocenters. The van der Waals surface area contributed by atoms with Crippen LogP contribution in [-0.2, 0) is 0 Å². The minimum atomic E-state index is -0.427. The second kappa shape index (κ2) is 12.5. The Morgan fingerprint density at radius 2 is 0.947 bits per heavy atom. The van der Waals surface area contributed by atoms with E-state index in [0.717, 1.165) is 71.7 Å². The van der Waals surface area contributed by atoms with Gasteiger partial charge in [-0.3, -0.25) is 0 Å². The standard InChI is InChI=1S/C54H34N2O/c1-3-11-35(12-4-1)37-19-24-41(25-20-37)55-49-17-9-7-15-43(49)47-31-38(22-29-50(47)55)39-23-30-51-48(32-39)44-27-21-40(36-13-5-2-6-14-36)33-52(44)56(51)42-26-28-46-45-16-8-10-18-53(45)57-54(46)34-42/h1-34H/i7D,9D,15D,17D,22D,29D,31D. The summed E-state index contributed by atoms with van der Waals surface area (Å²) in [6.45, 7) is 0. The van der Waals surface area contributed by atoms with Gasteiger partial charge < -0.3 is 13.6 Å². The van der Waals surface area contributed by atoms with E-state index >= 15 is 0 Å². The molecule has 12 aromatic rings. The van der Waals surface area contributed by atoms with Crippen LogP contribution in [-0.4, -0.2) is 9.13 Å². The van der Waals surface area contributed by atoms with E-state index in [9.17, 15) is 4.11 Å². The van der Waals surface area contributed by atoms with Crippen molar-refractivity contribution in [3.8, 4) is 44.8 Å². The van der Waals surface area contributed by atoms with Crippen molar-refractivity contribution in [3.05, 3.63) is 206 Å². The monoisotopic (exact) mass is 733 g/mol. The van der Waals surface area contributed by atoms with Gasteiger partial charge in [0.05, 0.1) is 31.7 Å². The highest BCUT2D eigenvalue weighted by Crippen LogP contribution is 2.40. The second-order valence-corrected chi connectivity index (χ2v) is 14.4. The molecule has 3 aromatic heterocycles. The van der Waals surface area contributed by atoms with E-state index in [4.69, 9.17) is 9.90 Å². The van der Waals surface area contributed by atoms with Crippen LogP contribution in [0.3, 0.4) is 0 Å². The Morgan fingerprint density at radius 3 is 1.79 bits per heavy atom. The number of hydrogen-bond acceptors (Lipinski definition) is 1. The van der Waals surface area contributed by atoms with E-state index in [2.05, 4.69) is 59.2 Å². The quantitative estimate of drug-likeness (QED) is 0.173. The highest BCUT2D eigenvalue weighted by molar-refractivity contribution is 6.14. The molecule has 0 N–H and O–H groups in total. The third-order valence-electron chi connectivity index (χ3n) is 11.2. The van der Waals surface area contributed by atoms with Gasteiger partial charge in [0, 0.05) is 49.8 Å². The van der Waals surface area contributed by atoms with Crippen molar-refractivity contribution < 1.29 is 14.0 Å². The molecule has 0 radical (unpaired) electrons. The van der Waals surface area contributed by atoms with Crippen molar-refractivity contribution in [2.45, 2.75) is 0 Å². The van der Waals surface area contributed by atoms with Gasteiger partial charge in [-0.05, 0) is 100 Å². The summed E-state index contributed by atoms with van der Waals surface area (Å²) in [5, 5.41) is 4.24. The molecule has 0 aliphatic rings. The van der Waals surface area contributed by atoms with Crippen molar-refractivity contribution in [3.63, 3.8) is 0 Å². The highest BCUT2D eigenvalue weighted by Gasteiger charge is 2.18. The van der Waals surface area contributed by atoms with E-state index in [1.165, 1.54) is 0 Å². The van der Waals surface area contributed by atoms with Gasteiger partial charge in [0.25, 0.3) is 0 Å². The van der Waals surface area contributed by atoms with Crippen LogP contribution < -0.4 is 0 Å². The zero-order chi connectivity index (χ0) is 43.5. The number of nitrogens with zero attached hydrogens (tertiary/aromatic N) is 2. The van der Waals surface area contributed by atoms with Gasteiger partial charge in [-0.2, -0.15) is 0 Å². The third kappa shape index (κ3) is 4.99. The van der Waals surface area contributed by atoms with E-state index in [1.807, 2.05) is 109 Å². The molecule has 266 valence electrons. The van der Waals surface area contributed by atoms with Crippen molar-refractivity contribution in [1.29, 1.82) is 0 Å². The zero-order valence-corrected chi connectivity index (χ0v) is 30.4. The van der Waals surface area contributed by atoms with E-state index in [1.54, 1.807) is 4.57 Å². The number of para-hydroxylation sites is 2. The largest absolute Gasteiger partial charge is 0.456 e. The van der Waals surface area contributed by atoms with Crippen LogP contribution in [0.15, 0.2) is 211 Å². The van der Waals surface area contributed by atoms with E-state index in [-0.39, 0.29) is 57.6 Å². The van der Waals surface area contributed by atoms with Crippen LogP contribution in [0.1, 0.15) is 9.60 Å². The summed E-state index contributed by atoms with van der Waals surface area (Å²) in [6.07, 6.45) is 0. The zero-order valence-electron chi connectivity index (χ0n) is 37.4. The SMILES string of the molecule is [2H]c1c([2H])c([2H])c2c(c1[2H])c1c([2H])c(-c3ccc4c(c3)c3ccc(-c5ccccc5)cc3n4-c3ccc4c(c3)oc3ccccc34)c([2H])c([2H])c1n2-c1ccc(-c2ccccc2)cc1. The topological polar surface area (TPSA) is 23.0 Å². The summed E-state index contributed by atoms with van der Waals surface area (Å²) < 4.78 is 74.9. The number of furan rings is 1. The molecule has 0 saturated heterocycles. The molecule has 0 atom stereocenters. The molecular weight excluding hydrogens is 693 g/mol.